The summed E-state index contributed by atoms with van der Waals surface area (Å²) < 4.78 is 5.68. The Labute approximate surface area is 120 Å². The minimum absolute atomic E-state index is 0.0877. The third-order valence-corrected chi connectivity index (χ3v) is 3.60. The van der Waals surface area contributed by atoms with Gasteiger partial charge in [0.1, 0.15) is 12.4 Å². The van der Waals surface area contributed by atoms with Crippen LogP contribution in [0.25, 0.3) is 0 Å². The van der Waals surface area contributed by atoms with Gasteiger partial charge in [0, 0.05) is 12.6 Å². The number of hydrogen-bond donors (Lipinski definition) is 0. The number of hydrogen-bond acceptors (Lipinski definition) is 3. The number of fused-ring (bicyclic) bond motifs is 1. The van der Waals surface area contributed by atoms with Crippen LogP contribution in [-0.2, 0) is 11.2 Å². The van der Waals surface area contributed by atoms with Crippen LogP contribution in [0.5, 0.6) is 5.75 Å². The van der Waals surface area contributed by atoms with E-state index in [0.29, 0.717) is 26.0 Å². The maximum Gasteiger partial charge on any atom is 0.229 e. The SMILES string of the molecule is CC(C)N(CCC#N)C(=O)C1COc2ccccc2C1. The molecular formula is C16H20N2O2. The number of nitriles is 1. The Morgan fingerprint density at radius 1 is 1.50 bits per heavy atom. The number of amides is 1. The van der Waals surface area contributed by atoms with Gasteiger partial charge in [0.25, 0.3) is 0 Å². The van der Waals surface area contributed by atoms with Crippen molar-refractivity contribution in [3.63, 3.8) is 0 Å². The van der Waals surface area contributed by atoms with Crippen molar-refractivity contribution in [2.45, 2.75) is 32.7 Å². The second kappa shape index (κ2) is 6.42. The molecule has 2 rings (SSSR count). The van der Waals surface area contributed by atoms with E-state index < -0.39 is 0 Å². The zero-order chi connectivity index (χ0) is 14.5. The van der Waals surface area contributed by atoms with E-state index in [1.807, 2.05) is 38.1 Å². The van der Waals surface area contributed by atoms with Crippen molar-refractivity contribution in [1.29, 1.82) is 5.26 Å². The summed E-state index contributed by atoms with van der Waals surface area (Å²) in [7, 11) is 0. The fourth-order valence-corrected chi connectivity index (χ4v) is 2.51. The molecule has 0 saturated carbocycles. The number of ether oxygens (including phenoxy) is 1. The minimum atomic E-state index is -0.147. The molecule has 106 valence electrons. The Bertz CT molecular complexity index is 519. The molecule has 0 saturated heterocycles. The lowest BCUT2D eigenvalue weighted by atomic mass is 9.95. The van der Waals surface area contributed by atoms with Crippen LogP contribution >= 0.6 is 0 Å². The Morgan fingerprint density at radius 2 is 2.25 bits per heavy atom. The molecule has 4 heteroatoms. The summed E-state index contributed by atoms with van der Waals surface area (Å²) in [6, 6.07) is 10.0. The van der Waals surface area contributed by atoms with Gasteiger partial charge in [0.2, 0.25) is 5.91 Å². The summed E-state index contributed by atoms with van der Waals surface area (Å²) >= 11 is 0. The summed E-state index contributed by atoms with van der Waals surface area (Å²) in [6.45, 7) is 4.87. The first-order valence-electron chi connectivity index (χ1n) is 7.01. The van der Waals surface area contributed by atoms with E-state index in [4.69, 9.17) is 10.00 Å². The molecule has 0 radical (unpaired) electrons. The Kier molecular flexibility index (Phi) is 4.62. The van der Waals surface area contributed by atoms with Crippen LogP contribution in [0.15, 0.2) is 24.3 Å². The van der Waals surface area contributed by atoms with E-state index in [0.717, 1.165) is 11.3 Å². The highest BCUT2D eigenvalue weighted by Crippen LogP contribution is 2.28. The maximum atomic E-state index is 12.6. The van der Waals surface area contributed by atoms with Gasteiger partial charge in [-0.05, 0) is 31.9 Å². The second-order valence-electron chi connectivity index (χ2n) is 5.35. The van der Waals surface area contributed by atoms with Gasteiger partial charge in [-0.25, -0.2) is 0 Å². The average Bonchev–Trinajstić information content (AvgIpc) is 2.46. The van der Waals surface area contributed by atoms with Gasteiger partial charge >= 0.3 is 0 Å². The predicted octanol–water partition coefficient (Wildman–Crippen LogP) is 2.39. The maximum absolute atomic E-state index is 12.6. The first-order chi connectivity index (χ1) is 9.63. The molecule has 1 aliphatic heterocycles. The number of carbonyl (C=O) groups excluding carboxylic acids is 1. The number of nitrogens with zero attached hydrogens (tertiary/aromatic N) is 2. The molecule has 1 heterocycles. The smallest absolute Gasteiger partial charge is 0.229 e. The van der Waals surface area contributed by atoms with E-state index in [2.05, 4.69) is 6.07 Å². The Balaban J connectivity index is 2.08. The molecule has 0 bridgehead atoms. The molecule has 1 atom stereocenters. The van der Waals surface area contributed by atoms with E-state index in [1.165, 1.54) is 0 Å². The van der Waals surface area contributed by atoms with Gasteiger partial charge in [0.05, 0.1) is 18.4 Å². The van der Waals surface area contributed by atoms with Crippen LogP contribution < -0.4 is 4.74 Å². The molecule has 4 nitrogen and oxygen atoms in total. The Hall–Kier alpha value is -2.02. The molecule has 0 spiro atoms. The zero-order valence-corrected chi connectivity index (χ0v) is 12.0. The minimum Gasteiger partial charge on any atom is -0.492 e. The zero-order valence-electron chi connectivity index (χ0n) is 12.0. The van der Waals surface area contributed by atoms with Crippen molar-refractivity contribution >= 4 is 5.91 Å². The van der Waals surface area contributed by atoms with Crippen LogP contribution in [0, 0.1) is 17.2 Å². The van der Waals surface area contributed by atoms with Crippen molar-refractivity contribution < 1.29 is 9.53 Å². The van der Waals surface area contributed by atoms with Gasteiger partial charge in [-0.3, -0.25) is 4.79 Å². The van der Waals surface area contributed by atoms with Crippen LogP contribution in [0.4, 0.5) is 0 Å². The van der Waals surface area contributed by atoms with Gasteiger partial charge in [-0.15, -0.1) is 0 Å². The van der Waals surface area contributed by atoms with Gasteiger partial charge in [-0.2, -0.15) is 5.26 Å². The van der Waals surface area contributed by atoms with E-state index in [-0.39, 0.29) is 17.9 Å². The van der Waals surface area contributed by atoms with E-state index in [9.17, 15) is 4.79 Å². The van der Waals surface area contributed by atoms with Gasteiger partial charge < -0.3 is 9.64 Å². The lowest BCUT2D eigenvalue weighted by Gasteiger charge is -2.32. The topological polar surface area (TPSA) is 53.3 Å². The summed E-state index contributed by atoms with van der Waals surface area (Å²) in [5.41, 5.74) is 1.08. The molecule has 1 aliphatic rings. The molecule has 0 N–H and O–H groups in total. The highest BCUT2D eigenvalue weighted by molar-refractivity contribution is 5.80. The largest absolute Gasteiger partial charge is 0.492 e. The number of benzene rings is 1. The summed E-state index contributed by atoms with van der Waals surface area (Å²) in [6.07, 6.45) is 1.08. The van der Waals surface area contributed by atoms with Crippen LogP contribution in [0.1, 0.15) is 25.8 Å². The van der Waals surface area contributed by atoms with E-state index in [1.54, 1.807) is 4.90 Å². The molecule has 1 aromatic carbocycles. The molecule has 1 unspecified atom stereocenters. The second-order valence-corrected chi connectivity index (χ2v) is 5.35. The van der Waals surface area contributed by atoms with Crippen LogP contribution in [0.2, 0.25) is 0 Å². The van der Waals surface area contributed by atoms with E-state index >= 15 is 0 Å². The number of carbonyl (C=O) groups is 1. The normalized spacial score (nSPS) is 17.0. The highest BCUT2D eigenvalue weighted by Gasteiger charge is 2.30. The predicted molar refractivity (Wildman–Crippen MR) is 76.2 cm³/mol. The van der Waals surface area contributed by atoms with Gasteiger partial charge in [0.15, 0.2) is 0 Å². The third-order valence-electron chi connectivity index (χ3n) is 3.60. The van der Waals surface area contributed by atoms with Crippen molar-refractivity contribution in [2.75, 3.05) is 13.2 Å². The molecule has 0 aliphatic carbocycles. The molecule has 0 fully saturated rings. The Morgan fingerprint density at radius 3 is 2.95 bits per heavy atom. The summed E-state index contributed by atoms with van der Waals surface area (Å²) in [4.78, 5) is 14.4. The molecule has 1 aromatic rings. The first-order valence-corrected chi connectivity index (χ1v) is 7.01. The molecular weight excluding hydrogens is 252 g/mol. The van der Waals surface area contributed by atoms with Crippen molar-refractivity contribution in [1.82, 2.24) is 4.90 Å². The molecule has 1 amide bonds. The molecule has 0 aromatic heterocycles. The summed E-state index contributed by atoms with van der Waals surface area (Å²) in [5.74, 6) is 0.820. The standard InChI is InChI=1S/C16H20N2O2/c1-12(2)18(9-5-8-17)16(19)14-10-13-6-3-4-7-15(13)20-11-14/h3-4,6-7,12,14H,5,9-11H2,1-2H3. The lowest BCUT2D eigenvalue weighted by molar-refractivity contribution is -0.138. The fourth-order valence-electron chi connectivity index (χ4n) is 2.51. The lowest BCUT2D eigenvalue weighted by Crippen LogP contribution is -2.44. The van der Waals surface area contributed by atoms with Crippen LogP contribution in [-0.4, -0.2) is 30.0 Å². The fraction of sp³-hybridized carbons (Fsp3) is 0.500. The number of para-hydroxylation sites is 1. The van der Waals surface area contributed by atoms with Crippen molar-refractivity contribution in [3.8, 4) is 11.8 Å². The van der Waals surface area contributed by atoms with Crippen molar-refractivity contribution in [2.24, 2.45) is 5.92 Å². The average molecular weight is 272 g/mol. The van der Waals surface area contributed by atoms with Crippen LogP contribution in [0.3, 0.4) is 0 Å². The first kappa shape index (κ1) is 14.4. The molecule has 20 heavy (non-hydrogen) atoms. The highest BCUT2D eigenvalue weighted by atomic mass is 16.5. The van der Waals surface area contributed by atoms with Crippen molar-refractivity contribution in [3.05, 3.63) is 29.8 Å². The summed E-state index contributed by atoms with van der Waals surface area (Å²) in [5, 5.41) is 8.71. The quantitative estimate of drug-likeness (QED) is 0.845. The van der Waals surface area contributed by atoms with Gasteiger partial charge in [-0.1, -0.05) is 18.2 Å². The number of rotatable bonds is 4. The third kappa shape index (κ3) is 3.11. The monoisotopic (exact) mass is 272 g/mol.